The molecule has 5 heteroatoms. The maximum absolute atomic E-state index is 11.1. The molecule has 1 amide bonds. The van der Waals surface area contributed by atoms with Gasteiger partial charge in [-0.1, -0.05) is 0 Å². The molecule has 0 aromatic rings. The molecule has 0 saturated carbocycles. The molecule has 0 aromatic carbocycles. The molecule has 1 atom stereocenters. The van der Waals surface area contributed by atoms with Crippen LogP contribution in [0.25, 0.3) is 0 Å². The van der Waals surface area contributed by atoms with E-state index in [1.54, 1.807) is 7.05 Å². The normalized spacial score (nSPS) is 20.7. The van der Waals surface area contributed by atoms with Crippen LogP contribution >= 0.6 is 0 Å². The molecule has 1 unspecified atom stereocenters. The van der Waals surface area contributed by atoms with E-state index in [0.717, 1.165) is 13.0 Å². The maximum Gasteiger partial charge on any atom is 0.234 e. The fourth-order valence-electron chi connectivity index (χ4n) is 2.38. The molecule has 17 heavy (non-hydrogen) atoms. The lowest BCUT2D eigenvalue weighted by atomic mass is 10.0. The molecule has 0 aliphatic carbocycles. The second kappa shape index (κ2) is 6.93. The van der Waals surface area contributed by atoms with Gasteiger partial charge in [0.25, 0.3) is 0 Å². The second-order valence-corrected chi connectivity index (χ2v) is 5.05. The molecule has 0 aromatic heterocycles. The second-order valence-electron chi connectivity index (χ2n) is 5.05. The van der Waals surface area contributed by atoms with Crippen molar-refractivity contribution >= 4 is 5.91 Å². The fraction of sp³-hybridized carbons (Fsp3) is 0.917. The van der Waals surface area contributed by atoms with E-state index in [-0.39, 0.29) is 11.9 Å². The van der Waals surface area contributed by atoms with E-state index >= 15 is 0 Å². The van der Waals surface area contributed by atoms with E-state index in [1.165, 1.54) is 25.9 Å². The highest BCUT2D eigenvalue weighted by Gasteiger charge is 2.21. The van der Waals surface area contributed by atoms with Gasteiger partial charge in [-0.2, -0.15) is 0 Å². The molecule has 1 heterocycles. The molecule has 100 valence electrons. The molecular weight excluding hydrogens is 216 g/mol. The molecule has 0 radical (unpaired) electrons. The van der Waals surface area contributed by atoms with Crippen LogP contribution in [0.1, 0.15) is 19.3 Å². The zero-order valence-electron chi connectivity index (χ0n) is 11.3. The van der Waals surface area contributed by atoms with Crippen molar-refractivity contribution < 1.29 is 4.79 Å². The monoisotopic (exact) mass is 242 g/mol. The molecular formula is C12H26N4O. The average Bonchev–Trinajstić information content (AvgIpc) is 2.30. The third kappa shape index (κ3) is 4.61. The van der Waals surface area contributed by atoms with Crippen LogP contribution in [0.3, 0.4) is 0 Å². The number of carbonyl (C=O) groups is 1. The number of likely N-dealkylation sites (tertiary alicyclic amines) is 1. The van der Waals surface area contributed by atoms with Gasteiger partial charge in [-0.3, -0.25) is 4.79 Å². The fourth-order valence-corrected chi connectivity index (χ4v) is 2.38. The smallest absolute Gasteiger partial charge is 0.234 e. The van der Waals surface area contributed by atoms with Crippen LogP contribution in [-0.4, -0.2) is 68.6 Å². The van der Waals surface area contributed by atoms with Crippen LogP contribution in [0.4, 0.5) is 0 Å². The highest BCUT2D eigenvalue weighted by molar-refractivity contribution is 5.79. The van der Waals surface area contributed by atoms with Crippen molar-refractivity contribution in [3.8, 4) is 0 Å². The van der Waals surface area contributed by atoms with Crippen LogP contribution in [-0.2, 0) is 4.79 Å². The summed E-state index contributed by atoms with van der Waals surface area (Å²) in [5.74, 6) is -0.260. The van der Waals surface area contributed by atoms with Crippen molar-refractivity contribution in [3.05, 3.63) is 0 Å². The predicted molar refractivity (Wildman–Crippen MR) is 69.8 cm³/mol. The van der Waals surface area contributed by atoms with E-state index in [1.807, 2.05) is 0 Å². The molecule has 1 fully saturated rings. The molecule has 0 spiro atoms. The summed E-state index contributed by atoms with van der Waals surface area (Å²) < 4.78 is 0. The van der Waals surface area contributed by atoms with Crippen LogP contribution < -0.4 is 11.1 Å². The number of nitrogens with zero attached hydrogens (tertiary/aromatic N) is 2. The third-order valence-corrected chi connectivity index (χ3v) is 3.77. The Morgan fingerprint density at radius 3 is 2.59 bits per heavy atom. The van der Waals surface area contributed by atoms with Gasteiger partial charge in [-0.15, -0.1) is 0 Å². The van der Waals surface area contributed by atoms with Gasteiger partial charge in [-0.05, 0) is 53.5 Å². The number of hydrogen-bond acceptors (Lipinski definition) is 4. The first-order valence-corrected chi connectivity index (χ1v) is 6.40. The number of nitrogens with two attached hydrogens (primary N) is 1. The molecule has 1 rings (SSSR count). The van der Waals surface area contributed by atoms with Crippen LogP contribution in [0.5, 0.6) is 0 Å². The minimum Gasteiger partial charge on any atom is -0.368 e. The first-order valence-electron chi connectivity index (χ1n) is 6.40. The zero-order chi connectivity index (χ0) is 12.8. The summed E-state index contributed by atoms with van der Waals surface area (Å²) >= 11 is 0. The number of hydrogen-bond donors (Lipinski definition) is 2. The summed E-state index contributed by atoms with van der Waals surface area (Å²) in [7, 11) is 6.09. The maximum atomic E-state index is 11.1. The van der Waals surface area contributed by atoms with Gasteiger partial charge in [0.15, 0.2) is 0 Å². The Bertz CT molecular complexity index is 239. The standard InChI is InChI=1S/C12H26N4O/c1-14-11(12(13)17)6-9-16(3)10-4-7-15(2)8-5-10/h10-11,14H,4-9H2,1-3H3,(H2,13,17). The molecule has 1 aliphatic rings. The van der Waals surface area contributed by atoms with E-state index in [2.05, 4.69) is 29.2 Å². The summed E-state index contributed by atoms with van der Waals surface area (Å²) in [6.45, 7) is 3.25. The van der Waals surface area contributed by atoms with E-state index in [9.17, 15) is 4.79 Å². The summed E-state index contributed by atoms with van der Waals surface area (Å²) in [5, 5.41) is 2.96. The van der Waals surface area contributed by atoms with E-state index < -0.39 is 0 Å². The first kappa shape index (κ1) is 14.4. The summed E-state index contributed by atoms with van der Waals surface area (Å²) in [6, 6.07) is 0.445. The van der Waals surface area contributed by atoms with Gasteiger partial charge < -0.3 is 20.9 Å². The number of likely N-dealkylation sites (N-methyl/N-ethyl adjacent to an activating group) is 1. The van der Waals surface area contributed by atoms with Crippen molar-refractivity contribution in [1.82, 2.24) is 15.1 Å². The lowest BCUT2D eigenvalue weighted by Gasteiger charge is -2.35. The molecule has 3 N–H and O–H groups in total. The van der Waals surface area contributed by atoms with Crippen molar-refractivity contribution in [1.29, 1.82) is 0 Å². The summed E-state index contributed by atoms with van der Waals surface area (Å²) in [5.41, 5.74) is 5.30. The average molecular weight is 242 g/mol. The Morgan fingerprint density at radius 2 is 2.12 bits per heavy atom. The number of carbonyl (C=O) groups excluding carboxylic acids is 1. The van der Waals surface area contributed by atoms with Crippen LogP contribution in [0, 0.1) is 0 Å². The zero-order valence-corrected chi connectivity index (χ0v) is 11.3. The molecule has 5 nitrogen and oxygen atoms in total. The minimum atomic E-state index is -0.260. The lowest BCUT2D eigenvalue weighted by molar-refractivity contribution is -0.120. The molecule has 0 bridgehead atoms. The van der Waals surface area contributed by atoms with Crippen molar-refractivity contribution in [3.63, 3.8) is 0 Å². The minimum absolute atomic E-state index is 0.205. The number of amides is 1. The Hall–Kier alpha value is -0.650. The lowest BCUT2D eigenvalue weighted by Crippen LogP contribution is -2.45. The van der Waals surface area contributed by atoms with E-state index in [4.69, 9.17) is 5.73 Å². The Balaban J connectivity index is 2.29. The number of primary amides is 1. The third-order valence-electron chi connectivity index (χ3n) is 3.77. The number of nitrogens with one attached hydrogen (secondary N) is 1. The summed E-state index contributed by atoms with van der Waals surface area (Å²) in [6.07, 6.45) is 3.22. The predicted octanol–water partition coefficient (Wildman–Crippen LogP) is -0.524. The highest BCUT2D eigenvalue weighted by atomic mass is 16.1. The highest BCUT2D eigenvalue weighted by Crippen LogP contribution is 2.14. The first-order chi connectivity index (χ1) is 8.04. The van der Waals surface area contributed by atoms with Gasteiger partial charge in [0.05, 0.1) is 6.04 Å². The largest absolute Gasteiger partial charge is 0.368 e. The quantitative estimate of drug-likeness (QED) is 0.658. The number of rotatable bonds is 6. The van der Waals surface area contributed by atoms with Gasteiger partial charge in [0.1, 0.15) is 0 Å². The van der Waals surface area contributed by atoms with Crippen molar-refractivity contribution in [2.45, 2.75) is 31.3 Å². The Kier molecular flexibility index (Phi) is 5.88. The molecule has 1 saturated heterocycles. The SMILES string of the molecule is CNC(CCN(C)C1CCN(C)CC1)C(N)=O. The van der Waals surface area contributed by atoms with Crippen molar-refractivity contribution in [2.75, 3.05) is 40.8 Å². The Morgan fingerprint density at radius 1 is 1.53 bits per heavy atom. The van der Waals surface area contributed by atoms with Gasteiger partial charge in [0, 0.05) is 12.6 Å². The van der Waals surface area contributed by atoms with E-state index in [0.29, 0.717) is 6.04 Å². The van der Waals surface area contributed by atoms with Gasteiger partial charge >= 0.3 is 0 Å². The topological polar surface area (TPSA) is 61.6 Å². The summed E-state index contributed by atoms with van der Waals surface area (Å²) in [4.78, 5) is 15.8. The van der Waals surface area contributed by atoms with Crippen LogP contribution in [0.2, 0.25) is 0 Å². The Labute approximate surface area is 104 Å². The van der Waals surface area contributed by atoms with Gasteiger partial charge in [0.2, 0.25) is 5.91 Å². The number of piperidine rings is 1. The van der Waals surface area contributed by atoms with Gasteiger partial charge in [-0.25, -0.2) is 0 Å². The van der Waals surface area contributed by atoms with Crippen LogP contribution in [0.15, 0.2) is 0 Å². The van der Waals surface area contributed by atoms with Crippen molar-refractivity contribution in [2.24, 2.45) is 5.73 Å². The molecule has 1 aliphatic heterocycles.